The first kappa shape index (κ1) is 23.9. The number of carbonyl (C=O) groups excluding carboxylic acids is 2. The van der Waals surface area contributed by atoms with E-state index in [2.05, 4.69) is 6.58 Å². The van der Waals surface area contributed by atoms with E-state index in [4.69, 9.17) is 9.47 Å². The molecule has 0 saturated carbocycles. The molecule has 0 spiro atoms. The molecule has 28 heavy (non-hydrogen) atoms. The van der Waals surface area contributed by atoms with Gasteiger partial charge in [0.25, 0.3) is 0 Å². The summed E-state index contributed by atoms with van der Waals surface area (Å²) < 4.78 is 10.5. The van der Waals surface area contributed by atoms with Gasteiger partial charge in [0.1, 0.15) is 12.2 Å². The highest BCUT2D eigenvalue weighted by molar-refractivity contribution is 5.72. The molecule has 3 atom stereocenters. The zero-order valence-corrected chi connectivity index (χ0v) is 17.5. The minimum absolute atomic E-state index is 0.111. The fourth-order valence-electron chi connectivity index (χ4n) is 2.92. The van der Waals surface area contributed by atoms with Gasteiger partial charge in [0.2, 0.25) is 0 Å². The van der Waals surface area contributed by atoms with Gasteiger partial charge in [-0.1, -0.05) is 49.9 Å². The molecular weight excluding hydrogens is 356 g/mol. The summed E-state index contributed by atoms with van der Waals surface area (Å²) in [6.45, 7) is 11.0. The number of aliphatic hydroxyl groups excluding tert-OH is 1. The van der Waals surface area contributed by atoms with Gasteiger partial charge in [-0.3, -0.25) is 9.59 Å². The highest BCUT2D eigenvalue weighted by Crippen LogP contribution is 2.24. The molecule has 1 rings (SSSR count). The standard InChI is InChI=1S/C23H34O5/c1-6-14-27-22(26)17(2)12-13-19(16-21(25)28-23(3,4)5)20(24)15-18-10-8-7-9-11-18/h6-11,17,19-20,24H,1,12-16H2,2-5H3/t17?,19-,20?/m0/s1. The van der Waals surface area contributed by atoms with E-state index in [0.29, 0.717) is 19.3 Å². The average molecular weight is 391 g/mol. The Morgan fingerprint density at radius 2 is 1.82 bits per heavy atom. The smallest absolute Gasteiger partial charge is 0.308 e. The van der Waals surface area contributed by atoms with E-state index in [1.807, 2.05) is 51.1 Å². The van der Waals surface area contributed by atoms with Crippen molar-refractivity contribution in [3.05, 3.63) is 48.6 Å². The van der Waals surface area contributed by atoms with Crippen molar-refractivity contribution in [2.45, 2.75) is 65.1 Å². The Morgan fingerprint density at radius 3 is 2.39 bits per heavy atom. The molecule has 5 heteroatoms. The Balaban J connectivity index is 2.74. The molecule has 0 fully saturated rings. The van der Waals surface area contributed by atoms with Crippen LogP contribution >= 0.6 is 0 Å². The Kier molecular flexibility index (Phi) is 9.94. The maximum Gasteiger partial charge on any atom is 0.308 e. The summed E-state index contributed by atoms with van der Waals surface area (Å²) in [5, 5.41) is 10.8. The summed E-state index contributed by atoms with van der Waals surface area (Å²) in [5.74, 6) is -1.25. The molecule has 0 heterocycles. The van der Waals surface area contributed by atoms with Gasteiger partial charge in [0, 0.05) is 0 Å². The van der Waals surface area contributed by atoms with Gasteiger partial charge < -0.3 is 14.6 Å². The second-order valence-electron chi connectivity index (χ2n) is 8.20. The van der Waals surface area contributed by atoms with Crippen molar-refractivity contribution in [3.8, 4) is 0 Å². The predicted molar refractivity (Wildman–Crippen MR) is 110 cm³/mol. The zero-order chi connectivity index (χ0) is 21.2. The molecule has 0 aromatic heterocycles. The topological polar surface area (TPSA) is 72.8 Å². The molecule has 5 nitrogen and oxygen atoms in total. The normalized spacial score (nSPS) is 14.6. The molecule has 1 N–H and O–H groups in total. The quantitative estimate of drug-likeness (QED) is 0.455. The monoisotopic (exact) mass is 390 g/mol. The number of ether oxygens (including phenoxy) is 2. The molecule has 156 valence electrons. The highest BCUT2D eigenvalue weighted by atomic mass is 16.6. The maximum absolute atomic E-state index is 12.3. The van der Waals surface area contributed by atoms with Crippen LogP contribution in [0.4, 0.5) is 0 Å². The first-order valence-corrected chi connectivity index (χ1v) is 9.83. The van der Waals surface area contributed by atoms with E-state index in [-0.39, 0.29) is 36.8 Å². The summed E-state index contributed by atoms with van der Waals surface area (Å²) >= 11 is 0. The number of rotatable bonds is 11. The van der Waals surface area contributed by atoms with E-state index < -0.39 is 11.7 Å². The number of esters is 2. The van der Waals surface area contributed by atoms with Gasteiger partial charge in [-0.25, -0.2) is 0 Å². The van der Waals surface area contributed by atoms with Crippen molar-refractivity contribution in [2.24, 2.45) is 11.8 Å². The third kappa shape index (κ3) is 9.70. The lowest BCUT2D eigenvalue weighted by molar-refractivity contribution is -0.157. The van der Waals surface area contributed by atoms with Gasteiger partial charge in [0.15, 0.2) is 0 Å². The van der Waals surface area contributed by atoms with Crippen LogP contribution in [0.3, 0.4) is 0 Å². The number of hydrogen-bond donors (Lipinski definition) is 1. The molecule has 1 aromatic carbocycles. The molecular formula is C23H34O5. The van der Waals surface area contributed by atoms with Crippen molar-refractivity contribution in [1.29, 1.82) is 0 Å². The molecule has 1 aromatic rings. The van der Waals surface area contributed by atoms with Crippen LogP contribution in [0.2, 0.25) is 0 Å². The van der Waals surface area contributed by atoms with Crippen LogP contribution in [0.1, 0.15) is 52.5 Å². The molecule has 0 bridgehead atoms. The Morgan fingerprint density at radius 1 is 1.18 bits per heavy atom. The molecule has 2 unspecified atom stereocenters. The van der Waals surface area contributed by atoms with Gasteiger partial charge in [-0.15, -0.1) is 0 Å². The van der Waals surface area contributed by atoms with Crippen LogP contribution in [-0.2, 0) is 25.5 Å². The van der Waals surface area contributed by atoms with Crippen LogP contribution in [0.15, 0.2) is 43.0 Å². The zero-order valence-electron chi connectivity index (χ0n) is 17.5. The average Bonchev–Trinajstić information content (AvgIpc) is 2.62. The van der Waals surface area contributed by atoms with Crippen LogP contribution in [0.5, 0.6) is 0 Å². The third-order valence-corrected chi connectivity index (χ3v) is 4.40. The highest BCUT2D eigenvalue weighted by Gasteiger charge is 2.27. The van der Waals surface area contributed by atoms with E-state index >= 15 is 0 Å². The van der Waals surface area contributed by atoms with Gasteiger partial charge >= 0.3 is 11.9 Å². The van der Waals surface area contributed by atoms with Crippen LogP contribution in [0, 0.1) is 11.8 Å². The number of carbonyl (C=O) groups is 2. The number of aliphatic hydroxyl groups is 1. The lowest BCUT2D eigenvalue weighted by Crippen LogP contribution is -2.30. The van der Waals surface area contributed by atoms with E-state index in [1.54, 1.807) is 6.92 Å². The SMILES string of the molecule is C=CCOC(=O)C(C)CC[C@@H](CC(=O)OC(C)(C)C)C(O)Cc1ccccc1. The summed E-state index contributed by atoms with van der Waals surface area (Å²) in [6, 6.07) is 9.65. The molecule has 0 radical (unpaired) electrons. The van der Waals surface area contributed by atoms with Crippen molar-refractivity contribution < 1.29 is 24.2 Å². The van der Waals surface area contributed by atoms with Gasteiger partial charge in [-0.05, 0) is 51.5 Å². The van der Waals surface area contributed by atoms with Crippen molar-refractivity contribution >= 4 is 11.9 Å². The lowest BCUT2D eigenvalue weighted by atomic mass is 9.87. The molecule has 0 aliphatic heterocycles. The van der Waals surface area contributed by atoms with Gasteiger partial charge in [0.05, 0.1) is 18.4 Å². The molecule has 0 saturated heterocycles. The number of benzene rings is 1. The molecule has 0 amide bonds. The fraction of sp³-hybridized carbons (Fsp3) is 0.565. The van der Waals surface area contributed by atoms with E-state index in [9.17, 15) is 14.7 Å². The summed E-state index contributed by atoms with van der Waals surface area (Å²) in [4.78, 5) is 24.3. The minimum Gasteiger partial charge on any atom is -0.461 e. The maximum atomic E-state index is 12.3. The largest absolute Gasteiger partial charge is 0.461 e. The Labute approximate surface area is 168 Å². The van der Waals surface area contributed by atoms with E-state index in [1.165, 1.54) is 6.08 Å². The van der Waals surface area contributed by atoms with E-state index in [0.717, 1.165) is 5.56 Å². The summed E-state index contributed by atoms with van der Waals surface area (Å²) in [5.41, 5.74) is 0.427. The summed E-state index contributed by atoms with van der Waals surface area (Å²) in [6.07, 6.45) is 2.43. The Bertz CT molecular complexity index is 618. The fourth-order valence-corrected chi connectivity index (χ4v) is 2.92. The van der Waals surface area contributed by atoms with Crippen LogP contribution in [-0.4, -0.2) is 35.4 Å². The Hall–Kier alpha value is -2.14. The first-order valence-electron chi connectivity index (χ1n) is 9.83. The first-order chi connectivity index (χ1) is 13.1. The van der Waals surface area contributed by atoms with Gasteiger partial charge in [-0.2, -0.15) is 0 Å². The van der Waals surface area contributed by atoms with Crippen molar-refractivity contribution in [1.82, 2.24) is 0 Å². The minimum atomic E-state index is -0.702. The van der Waals surface area contributed by atoms with Crippen molar-refractivity contribution in [2.75, 3.05) is 6.61 Å². The second-order valence-corrected chi connectivity index (χ2v) is 8.20. The second kappa shape index (κ2) is 11.6. The number of hydrogen-bond acceptors (Lipinski definition) is 5. The third-order valence-electron chi connectivity index (χ3n) is 4.40. The van der Waals surface area contributed by atoms with Crippen molar-refractivity contribution in [3.63, 3.8) is 0 Å². The van der Waals surface area contributed by atoms with Crippen LogP contribution < -0.4 is 0 Å². The lowest BCUT2D eigenvalue weighted by Gasteiger charge is -2.26. The van der Waals surface area contributed by atoms with Crippen LogP contribution in [0.25, 0.3) is 0 Å². The molecule has 0 aliphatic rings. The summed E-state index contributed by atoms with van der Waals surface area (Å²) in [7, 11) is 0. The molecule has 0 aliphatic carbocycles. The predicted octanol–water partition coefficient (Wildman–Crippen LogP) is 4.08.